The number of hydrogen-bond acceptors (Lipinski definition) is 4. The van der Waals surface area contributed by atoms with Gasteiger partial charge in [0.25, 0.3) is 0 Å². The number of aromatic nitrogens is 2. The van der Waals surface area contributed by atoms with E-state index in [1.54, 1.807) is 24.5 Å². The smallest absolute Gasteiger partial charge is 0.123 e. The molecule has 0 bridgehead atoms. The normalized spacial score (nSPS) is 10.8. The Balaban J connectivity index is 1.62. The third-order valence-corrected chi connectivity index (χ3v) is 4.72. The van der Waals surface area contributed by atoms with E-state index in [4.69, 9.17) is 0 Å². The van der Waals surface area contributed by atoms with Crippen LogP contribution in [0.15, 0.2) is 73.1 Å². The lowest BCUT2D eigenvalue weighted by molar-refractivity contribution is 0.476. The molecule has 2 N–H and O–H groups in total. The Hall–Kier alpha value is -3.66. The zero-order chi connectivity index (χ0) is 19.7. The Morgan fingerprint density at radius 2 is 1.14 bits per heavy atom. The van der Waals surface area contributed by atoms with E-state index in [-0.39, 0.29) is 11.5 Å². The first-order valence-electron chi connectivity index (χ1n) is 9.04. The monoisotopic (exact) mass is 368 g/mol. The molecule has 4 aromatic rings. The lowest BCUT2D eigenvalue weighted by Crippen LogP contribution is -1.90. The molecule has 0 saturated carbocycles. The third kappa shape index (κ3) is 3.45. The van der Waals surface area contributed by atoms with Crippen molar-refractivity contribution in [2.75, 3.05) is 0 Å². The number of benzene rings is 2. The van der Waals surface area contributed by atoms with Crippen LogP contribution >= 0.6 is 0 Å². The van der Waals surface area contributed by atoms with Gasteiger partial charge in [-0.05, 0) is 49.7 Å². The van der Waals surface area contributed by atoms with Crippen LogP contribution < -0.4 is 0 Å². The highest BCUT2D eigenvalue weighted by Crippen LogP contribution is 2.32. The highest BCUT2D eigenvalue weighted by molar-refractivity contribution is 5.73. The molecule has 0 amide bonds. The van der Waals surface area contributed by atoms with Gasteiger partial charge < -0.3 is 10.2 Å². The number of hydrogen-bond donors (Lipinski definition) is 2. The van der Waals surface area contributed by atoms with Crippen LogP contribution in [0.1, 0.15) is 11.1 Å². The van der Waals surface area contributed by atoms with Crippen LogP contribution in [-0.4, -0.2) is 20.2 Å². The van der Waals surface area contributed by atoms with Gasteiger partial charge in [0.2, 0.25) is 0 Å². The first-order chi connectivity index (χ1) is 13.5. The molecule has 0 aliphatic rings. The Morgan fingerprint density at radius 1 is 0.571 bits per heavy atom. The fraction of sp³-hybridized carbons (Fsp3) is 0.0833. The van der Waals surface area contributed by atoms with E-state index in [1.165, 1.54) is 0 Å². The maximum Gasteiger partial charge on any atom is 0.123 e. The van der Waals surface area contributed by atoms with Gasteiger partial charge in [0.1, 0.15) is 11.5 Å². The van der Waals surface area contributed by atoms with Crippen molar-refractivity contribution in [3.8, 4) is 45.1 Å². The summed E-state index contributed by atoms with van der Waals surface area (Å²) >= 11 is 0. The Morgan fingerprint density at radius 3 is 1.71 bits per heavy atom. The molecule has 2 heterocycles. The number of pyridine rings is 2. The maximum atomic E-state index is 10.2. The van der Waals surface area contributed by atoms with E-state index in [0.29, 0.717) is 0 Å². The van der Waals surface area contributed by atoms with E-state index in [9.17, 15) is 10.2 Å². The van der Waals surface area contributed by atoms with Crippen LogP contribution in [0.3, 0.4) is 0 Å². The maximum absolute atomic E-state index is 10.2. The quantitative estimate of drug-likeness (QED) is 0.501. The minimum atomic E-state index is 0.237. The predicted molar refractivity (Wildman–Crippen MR) is 111 cm³/mol. The lowest BCUT2D eigenvalue weighted by Gasteiger charge is -2.08. The van der Waals surface area contributed by atoms with Crippen LogP contribution in [0.2, 0.25) is 0 Å². The molecule has 0 unspecified atom stereocenters. The van der Waals surface area contributed by atoms with E-state index < -0.39 is 0 Å². The summed E-state index contributed by atoms with van der Waals surface area (Å²) in [5.74, 6) is 0.482. The molecule has 0 fully saturated rings. The van der Waals surface area contributed by atoms with Gasteiger partial charge in [0, 0.05) is 34.6 Å². The van der Waals surface area contributed by atoms with Crippen LogP contribution in [0.25, 0.3) is 33.6 Å². The Kier molecular flexibility index (Phi) is 4.53. The van der Waals surface area contributed by atoms with Gasteiger partial charge in [0.15, 0.2) is 0 Å². The van der Waals surface area contributed by atoms with Crippen molar-refractivity contribution < 1.29 is 10.2 Å². The summed E-state index contributed by atoms with van der Waals surface area (Å²) < 4.78 is 0. The molecule has 2 aromatic heterocycles. The zero-order valence-electron chi connectivity index (χ0n) is 15.7. The summed E-state index contributed by atoms with van der Waals surface area (Å²) in [6.07, 6.45) is 3.48. The summed E-state index contributed by atoms with van der Waals surface area (Å²) in [6, 6.07) is 18.7. The fourth-order valence-electron chi connectivity index (χ4n) is 3.18. The van der Waals surface area contributed by atoms with Crippen LogP contribution in [0.4, 0.5) is 0 Å². The number of phenolic OH excluding ortho intramolecular Hbond substituents is 2. The molecule has 0 saturated heterocycles. The molecule has 0 atom stereocenters. The molecule has 28 heavy (non-hydrogen) atoms. The first-order valence-corrected chi connectivity index (χ1v) is 9.04. The van der Waals surface area contributed by atoms with Gasteiger partial charge in [0.05, 0.1) is 11.4 Å². The van der Waals surface area contributed by atoms with E-state index in [0.717, 1.165) is 44.8 Å². The van der Waals surface area contributed by atoms with Gasteiger partial charge in [-0.3, -0.25) is 9.97 Å². The predicted octanol–water partition coefficient (Wildman–Crippen LogP) is 5.51. The Labute approximate surface area is 163 Å². The van der Waals surface area contributed by atoms with Crippen molar-refractivity contribution in [1.82, 2.24) is 9.97 Å². The summed E-state index contributed by atoms with van der Waals surface area (Å²) in [6.45, 7) is 3.93. The zero-order valence-corrected chi connectivity index (χ0v) is 15.7. The van der Waals surface area contributed by atoms with Crippen molar-refractivity contribution in [3.63, 3.8) is 0 Å². The molecule has 0 radical (unpaired) electrons. The molecule has 0 aliphatic heterocycles. The molecular formula is C24H20N2O2. The van der Waals surface area contributed by atoms with E-state index in [1.807, 2.05) is 62.4 Å². The van der Waals surface area contributed by atoms with Gasteiger partial charge in [-0.25, -0.2) is 0 Å². The molecule has 4 nitrogen and oxygen atoms in total. The second-order valence-corrected chi connectivity index (χ2v) is 6.91. The van der Waals surface area contributed by atoms with Crippen molar-refractivity contribution in [2.45, 2.75) is 13.8 Å². The molecule has 0 aliphatic carbocycles. The van der Waals surface area contributed by atoms with Crippen LogP contribution in [-0.2, 0) is 0 Å². The number of aryl methyl sites for hydroxylation is 2. The molecule has 4 heteroatoms. The van der Waals surface area contributed by atoms with Gasteiger partial charge in [-0.2, -0.15) is 0 Å². The number of nitrogens with zero attached hydrogens (tertiary/aromatic N) is 2. The standard InChI is InChI=1S/C24H20N2O2/c1-15-4-10-23(27)20(11-15)18-6-9-22(26-14-18)21-8-5-17(13-25-21)19-7-3-16(2)12-24(19)28/h3-14,27-28H,1-2H3. The molecular weight excluding hydrogens is 348 g/mol. The molecule has 0 spiro atoms. The van der Waals surface area contributed by atoms with Crippen LogP contribution in [0, 0.1) is 13.8 Å². The van der Waals surface area contributed by atoms with Gasteiger partial charge in [-0.15, -0.1) is 0 Å². The number of rotatable bonds is 3. The fourth-order valence-corrected chi connectivity index (χ4v) is 3.18. The minimum Gasteiger partial charge on any atom is -0.507 e. The summed E-state index contributed by atoms with van der Waals surface area (Å²) in [5.41, 5.74) is 6.79. The summed E-state index contributed by atoms with van der Waals surface area (Å²) in [7, 11) is 0. The molecule has 2 aromatic carbocycles. The average Bonchev–Trinajstić information content (AvgIpc) is 2.70. The molecule has 4 rings (SSSR count). The van der Waals surface area contributed by atoms with Gasteiger partial charge in [-0.1, -0.05) is 35.9 Å². The van der Waals surface area contributed by atoms with Crippen LogP contribution in [0.5, 0.6) is 11.5 Å². The topological polar surface area (TPSA) is 66.2 Å². The lowest BCUT2D eigenvalue weighted by atomic mass is 10.0. The first kappa shape index (κ1) is 17.7. The third-order valence-electron chi connectivity index (χ3n) is 4.72. The molecule has 138 valence electrons. The number of phenols is 2. The van der Waals surface area contributed by atoms with Crippen molar-refractivity contribution in [3.05, 3.63) is 84.2 Å². The minimum absolute atomic E-state index is 0.237. The van der Waals surface area contributed by atoms with Crippen molar-refractivity contribution in [2.24, 2.45) is 0 Å². The highest BCUT2D eigenvalue weighted by Gasteiger charge is 2.09. The summed E-state index contributed by atoms with van der Waals surface area (Å²) in [5, 5.41) is 20.2. The van der Waals surface area contributed by atoms with E-state index >= 15 is 0 Å². The Bertz CT molecular complexity index is 1130. The van der Waals surface area contributed by atoms with Crippen molar-refractivity contribution >= 4 is 0 Å². The number of aromatic hydroxyl groups is 2. The van der Waals surface area contributed by atoms with Gasteiger partial charge >= 0.3 is 0 Å². The second-order valence-electron chi connectivity index (χ2n) is 6.91. The average molecular weight is 368 g/mol. The van der Waals surface area contributed by atoms with Crippen molar-refractivity contribution in [1.29, 1.82) is 0 Å². The van der Waals surface area contributed by atoms with E-state index in [2.05, 4.69) is 9.97 Å². The SMILES string of the molecule is Cc1ccc(-c2ccc(-c3ccc(-c4cc(C)ccc4O)cn3)nc2)c(O)c1. The second kappa shape index (κ2) is 7.16. The largest absolute Gasteiger partial charge is 0.507 e. The highest BCUT2D eigenvalue weighted by atomic mass is 16.3. The summed E-state index contributed by atoms with van der Waals surface area (Å²) in [4.78, 5) is 9.00.